The van der Waals surface area contributed by atoms with Crippen LogP contribution in [-0.2, 0) is 6.54 Å². The van der Waals surface area contributed by atoms with Crippen LogP contribution in [0.4, 0.5) is 0 Å². The van der Waals surface area contributed by atoms with E-state index in [0.29, 0.717) is 30.3 Å². The number of nitrogens with zero attached hydrogens (tertiary/aromatic N) is 1. The molecule has 0 spiro atoms. The highest BCUT2D eigenvalue weighted by atomic mass is 32.1. The molecule has 2 N–H and O–H groups in total. The molecule has 1 unspecified atom stereocenters. The number of hydrogen-bond donors (Lipinski definition) is 2. The van der Waals surface area contributed by atoms with E-state index in [9.17, 15) is 4.79 Å². The largest absolute Gasteiger partial charge is 0.486 e. The molecule has 1 atom stereocenters. The van der Waals surface area contributed by atoms with Gasteiger partial charge in [-0.3, -0.25) is 4.79 Å². The second-order valence-electron chi connectivity index (χ2n) is 5.65. The molecule has 124 valence electrons. The lowest BCUT2D eigenvalue weighted by molar-refractivity contribution is 0.171. The molecule has 4 rings (SSSR count). The van der Waals surface area contributed by atoms with Crippen LogP contribution in [0.15, 0.2) is 34.4 Å². The van der Waals surface area contributed by atoms with Crippen molar-refractivity contribution in [3.63, 3.8) is 0 Å². The van der Waals surface area contributed by atoms with Crippen molar-refractivity contribution in [3.05, 3.63) is 51.4 Å². The van der Waals surface area contributed by atoms with Crippen molar-refractivity contribution in [2.24, 2.45) is 0 Å². The Kier molecular flexibility index (Phi) is 3.95. The van der Waals surface area contributed by atoms with Gasteiger partial charge in [-0.2, -0.15) is 0 Å². The fourth-order valence-corrected chi connectivity index (χ4v) is 3.43. The minimum atomic E-state index is -0.0845. The molecular formula is C17H17N3O3S. The zero-order valence-corrected chi connectivity index (χ0v) is 14.0. The Morgan fingerprint density at radius 2 is 2.12 bits per heavy atom. The smallest absolute Gasteiger partial charge is 0.268 e. The van der Waals surface area contributed by atoms with Crippen LogP contribution in [0.1, 0.15) is 24.4 Å². The number of ether oxygens (including phenoxy) is 2. The normalized spacial score (nSPS) is 14.7. The topological polar surface area (TPSA) is 76.2 Å². The Hall–Kier alpha value is -2.38. The van der Waals surface area contributed by atoms with Gasteiger partial charge in [0.15, 0.2) is 11.5 Å². The van der Waals surface area contributed by atoms with E-state index in [-0.39, 0.29) is 11.6 Å². The highest BCUT2D eigenvalue weighted by Crippen LogP contribution is 2.32. The third-order valence-corrected chi connectivity index (χ3v) is 4.91. The Morgan fingerprint density at radius 3 is 3.00 bits per heavy atom. The lowest BCUT2D eigenvalue weighted by Gasteiger charge is -2.21. The van der Waals surface area contributed by atoms with E-state index in [4.69, 9.17) is 9.47 Å². The number of rotatable bonds is 4. The molecule has 0 bridgehead atoms. The molecule has 3 heterocycles. The first-order chi connectivity index (χ1) is 11.7. The van der Waals surface area contributed by atoms with Crippen LogP contribution >= 0.6 is 11.3 Å². The summed E-state index contributed by atoms with van der Waals surface area (Å²) < 4.78 is 11.8. The lowest BCUT2D eigenvalue weighted by atomic mass is 10.1. The first-order valence-corrected chi connectivity index (χ1v) is 8.68. The van der Waals surface area contributed by atoms with Crippen molar-refractivity contribution in [1.82, 2.24) is 15.3 Å². The molecule has 3 aromatic rings. The van der Waals surface area contributed by atoms with Crippen LogP contribution in [0.25, 0.3) is 10.2 Å². The van der Waals surface area contributed by atoms with Gasteiger partial charge < -0.3 is 19.8 Å². The molecular weight excluding hydrogens is 326 g/mol. The summed E-state index contributed by atoms with van der Waals surface area (Å²) in [6.45, 7) is 3.71. The molecule has 6 nitrogen and oxygen atoms in total. The summed E-state index contributed by atoms with van der Waals surface area (Å²) in [7, 11) is 0. The number of aromatic nitrogens is 2. The van der Waals surface area contributed by atoms with Crippen LogP contribution in [0, 0.1) is 0 Å². The van der Waals surface area contributed by atoms with Crippen molar-refractivity contribution in [1.29, 1.82) is 0 Å². The molecule has 2 aromatic heterocycles. The summed E-state index contributed by atoms with van der Waals surface area (Å²) in [5.41, 5.74) is 1.75. The average molecular weight is 343 g/mol. The summed E-state index contributed by atoms with van der Waals surface area (Å²) in [4.78, 5) is 19.3. The van der Waals surface area contributed by atoms with Gasteiger partial charge in [0.1, 0.15) is 23.7 Å². The quantitative estimate of drug-likeness (QED) is 0.761. The zero-order chi connectivity index (χ0) is 16.5. The first kappa shape index (κ1) is 15.2. The molecule has 24 heavy (non-hydrogen) atoms. The Balaban J connectivity index is 1.49. The van der Waals surface area contributed by atoms with Crippen LogP contribution in [0.2, 0.25) is 0 Å². The first-order valence-electron chi connectivity index (χ1n) is 7.80. The maximum atomic E-state index is 12.0. The van der Waals surface area contributed by atoms with Crippen LogP contribution < -0.4 is 20.3 Å². The summed E-state index contributed by atoms with van der Waals surface area (Å²) >= 11 is 1.40. The minimum Gasteiger partial charge on any atom is -0.486 e. The zero-order valence-electron chi connectivity index (χ0n) is 13.2. The van der Waals surface area contributed by atoms with Crippen molar-refractivity contribution >= 4 is 21.6 Å². The van der Waals surface area contributed by atoms with Crippen molar-refractivity contribution in [2.45, 2.75) is 19.5 Å². The van der Waals surface area contributed by atoms with Gasteiger partial charge in [0.25, 0.3) is 5.56 Å². The molecule has 0 aliphatic carbocycles. The Morgan fingerprint density at radius 1 is 1.29 bits per heavy atom. The molecule has 0 amide bonds. The third-order valence-electron chi connectivity index (χ3n) is 4.01. The lowest BCUT2D eigenvalue weighted by Crippen LogP contribution is -2.22. The molecule has 7 heteroatoms. The summed E-state index contributed by atoms with van der Waals surface area (Å²) in [5.74, 6) is 2.19. The molecule has 1 aliphatic rings. The summed E-state index contributed by atoms with van der Waals surface area (Å²) in [6, 6.07) is 7.89. The van der Waals surface area contributed by atoms with Crippen molar-refractivity contribution < 1.29 is 9.47 Å². The van der Waals surface area contributed by atoms with E-state index in [1.54, 1.807) is 0 Å². The van der Waals surface area contributed by atoms with Gasteiger partial charge >= 0.3 is 0 Å². The Bertz CT molecular complexity index is 934. The predicted molar refractivity (Wildman–Crippen MR) is 92.9 cm³/mol. The molecule has 0 radical (unpaired) electrons. The molecule has 0 fully saturated rings. The van der Waals surface area contributed by atoms with Crippen LogP contribution in [0.5, 0.6) is 11.5 Å². The number of fused-ring (bicyclic) bond motifs is 2. The van der Waals surface area contributed by atoms with Crippen LogP contribution in [-0.4, -0.2) is 23.2 Å². The second-order valence-corrected chi connectivity index (χ2v) is 6.57. The van der Waals surface area contributed by atoms with Crippen LogP contribution in [0.3, 0.4) is 0 Å². The van der Waals surface area contributed by atoms with Gasteiger partial charge in [0, 0.05) is 6.04 Å². The number of H-pyrrole nitrogens is 1. The third kappa shape index (κ3) is 2.88. The van der Waals surface area contributed by atoms with Crippen molar-refractivity contribution in [2.75, 3.05) is 13.2 Å². The van der Waals surface area contributed by atoms with E-state index in [0.717, 1.165) is 22.6 Å². The molecule has 1 aliphatic heterocycles. The van der Waals surface area contributed by atoms with Gasteiger partial charge in [-0.1, -0.05) is 6.07 Å². The van der Waals surface area contributed by atoms with Gasteiger partial charge in [0.2, 0.25) is 0 Å². The number of benzene rings is 1. The van der Waals surface area contributed by atoms with E-state index in [1.165, 1.54) is 11.3 Å². The fourth-order valence-electron chi connectivity index (χ4n) is 2.70. The van der Waals surface area contributed by atoms with Gasteiger partial charge in [-0.25, -0.2) is 4.98 Å². The van der Waals surface area contributed by atoms with E-state index < -0.39 is 0 Å². The summed E-state index contributed by atoms with van der Waals surface area (Å²) in [5, 5.41) is 5.26. The molecule has 0 saturated carbocycles. The minimum absolute atomic E-state index is 0.0845. The van der Waals surface area contributed by atoms with E-state index in [1.807, 2.05) is 29.6 Å². The predicted octanol–water partition coefficient (Wildman–Crippen LogP) is 2.61. The maximum absolute atomic E-state index is 12.0. The highest BCUT2D eigenvalue weighted by molar-refractivity contribution is 7.17. The standard InChI is InChI=1S/C17H17N3O3S/c1-10(11-2-3-13-14(8-11)23-6-5-22-13)18-9-15-19-12-4-7-24-16(12)17(21)20-15/h2-4,7-8,10,18H,5-6,9H2,1H3,(H,19,20,21). The second kappa shape index (κ2) is 6.26. The van der Waals surface area contributed by atoms with E-state index >= 15 is 0 Å². The van der Waals surface area contributed by atoms with E-state index in [2.05, 4.69) is 22.2 Å². The fraction of sp³-hybridized carbons (Fsp3) is 0.294. The Labute approximate surface area is 142 Å². The van der Waals surface area contributed by atoms with Gasteiger partial charge in [-0.05, 0) is 36.1 Å². The average Bonchev–Trinajstić information content (AvgIpc) is 3.08. The highest BCUT2D eigenvalue weighted by Gasteiger charge is 2.14. The summed E-state index contributed by atoms with van der Waals surface area (Å²) in [6.07, 6.45) is 0. The number of hydrogen-bond acceptors (Lipinski definition) is 6. The molecule has 0 saturated heterocycles. The SMILES string of the molecule is CC(NCc1nc2ccsc2c(=O)[nH]1)c1ccc2c(c1)OCCO2. The molecule has 1 aromatic carbocycles. The van der Waals surface area contributed by atoms with Crippen molar-refractivity contribution in [3.8, 4) is 11.5 Å². The van der Waals surface area contributed by atoms with Gasteiger partial charge in [-0.15, -0.1) is 11.3 Å². The number of nitrogens with one attached hydrogen (secondary N) is 2. The monoisotopic (exact) mass is 343 g/mol. The number of aromatic amines is 1. The van der Waals surface area contributed by atoms with Gasteiger partial charge in [0.05, 0.1) is 12.1 Å². The maximum Gasteiger partial charge on any atom is 0.268 e. The number of thiophene rings is 1.